The van der Waals surface area contributed by atoms with E-state index in [1.807, 2.05) is 0 Å². The summed E-state index contributed by atoms with van der Waals surface area (Å²) in [6, 6.07) is 3.65. The van der Waals surface area contributed by atoms with Crippen LogP contribution in [0.1, 0.15) is 18.9 Å². The van der Waals surface area contributed by atoms with Crippen molar-refractivity contribution in [1.82, 2.24) is 4.72 Å². The van der Waals surface area contributed by atoms with Crippen molar-refractivity contribution in [2.24, 2.45) is 5.73 Å². The summed E-state index contributed by atoms with van der Waals surface area (Å²) in [5.74, 6) is -1.05. The topological polar surface area (TPSA) is 106 Å². The van der Waals surface area contributed by atoms with Crippen molar-refractivity contribution < 1.29 is 21.2 Å². The molecule has 9 heteroatoms. The van der Waals surface area contributed by atoms with E-state index in [-0.39, 0.29) is 34.9 Å². The predicted molar refractivity (Wildman–Crippen MR) is 76.3 cm³/mol. The number of hydrogen-bond acceptors (Lipinski definition) is 5. The molecule has 2 rings (SSSR count). The quantitative estimate of drug-likeness (QED) is 0.813. The summed E-state index contributed by atoms with van der Waals surface area (Å²) >= 11 is 0. The SMILES string of the molecule is CC1(NS(=O)(=O)c2cccc(F)c2CN)CCS(=O)(=O)C1. The van der Waals surface area contributed by atoms with E-state index < -0.39 is 31.2 Å². The lowest BCUT2D eigenvalue weighted by molar-refractivity contribution is 0.460. The monoisotopic (exact) mass is 336 g/mol. The number of halogens is 1. The van der Waals surface area contributed by atoms with Gasteiger partial charge in [-0.05, 0) is 25.5 Å². The van der Waals surface area contributed by atoms with Crippen LogP contribution in [-0.4, -0.2) is 33.9 Å². The molecule has 0 aliphatic carbocycles. The molecule has 0 radical (unpaired) electrons. The van der Waals surface area contributed by atoms with Gasteiger partial charge in [-0.2, -0.15) is 0 Å². The van der Waals surface area contributed by atoms with E-state index >= 15 is 0 Å². The number of nitrogens with one attached hydrogen (secondary N) is 1. The predicted octanol–water partition coefficient (Wildman–Crippen LogP) is 0.140. The van der Waals surface area contributed by atoms with Crippen LogP contribution in [0.15, 0.2) is 23.1 Å². The number of hydrogen-bond donors (Lipinski definition) is 2. The number of rotatable bonds is 4. The van der Waals surface area contributed by atoms with Gasteiger partial charge in [-0.25, -0.2) is 25.9 Å². The van der Waals surface area contributed by atoms with Crippen molar-refractivity contribution in [3.63, 3.8) is 0 Å². The molecule has 0 spiro atoms. The smallest absolute Gasteiger partial charge is 0.241 e. The third kappa shape index (κ3) is 3.42. The highest BCUT2D eigenvalue weighted by atomic mass is 32.2. The lowest BCUT2D eigenvalue weighted by Crippen LogP contribution is -2.47. The molecule has 0 amide bonds. The Labute approximate surface area is 123 Å². The van der Waals surface area contributed by atoms with Crippen molar-refractivity contribution in [3.05, 3.63) is 29.6 Å². The van der Waals surface area contributed by atoms with Crippen molar-refractivity contribution in [3.8, 4) is 0 Å². The van der Waals surface area contributed by atoms with Gasteiger partial charge in [0, 0.05) is 17.6 Å². The van der Waals surface area contributed by atoms with Crippen molar-refractivity contribution in [1.29, 1.82) is 0 Å². The van der Waals surface area contributed by atoms with Crippen molar-refractivity contribution in [2.45, 2.75) is 30.3 Å². The van der Waals surface area contributed by atoms with Gasteiger partial charge in [0.15, 0.2) is 9.84 Å². The van der Waals surface area contributed by atoms with Gasteiger partial charge in [0.05, 0.1) is 16.4 Å². The second kappa shape index (κ2) is 5.31. The summed E-state index contributed by atoms with van der Waals surface area (Å²) in [6.45, 7) is 1.26. The Morgan fingerprint density at radius 1 is 1.43 bits per heavy atom. The third-order valence-corrected chi connectivity index (χ3v) is 7.08. The van der Waals surface area contributed by atoms with Gasteiger partial charge in [-0.1, -0.05) is 6.07 Å². The Bertz CT molecular complexity index is 761. The fourth-order valence-electron chi connectivity index (χ4n) is 2.46. The molecule has 0 saturated carbocycles. The molecule has 1 heterocycles. The summed E-state index contributed by atoms with van der Waals surface area (Å²) in [4.78, 5) is -0.254. The Balaban J connectivity index is 2.39. The number of nitrogens with two attached hydrogens (primary N) is 1. The first kappa shape index (κ1) is 16.3. The minimum Gasteiger partial charge on any atom is -0.326 e. The molecule has 21 heavy (non-hydrogen) atoms. The maximum atomic E-state index is 13.6. The first-order valence-corrected chi connectivity index (χ1v) is 9.61. The molecule has 0 aromatic heterocycles. The molecular weight excluding hydrogens is 319 g/mol. The van der Waals surface area contributed by atoms with Crippen molar-refractivity contribution >= 4 is 19.9 Å². The van der Waals surface area contributed by atoms with Crippen LogP contribution in [0, 0.1) is 5.82 Å². The van der Waals surface area contributed by atoms with Crippen LogP contribution < -0.4 is 10.5 Å². The van der Waals surface area contributed by atoms with E-state index in [9.17, 15) is 21.2 Å². The molecule has 118 valence electrons. The highest BCUT2D eigenvalue weighted by Crippen LogP contribution is 2.26. The maximum absolute atomic E-state index is 13.6. The molecule has 1 atom stereocenters. The van der Waals surface area contributed by atoms with E-state index in [4.69, 9.17) is 5.73 Å². The second-order valence-corrected chi connectivity index (χ2v) is 9.26. The first-order valence-electron chi connectivity index (χ1n) is 6.30. The van der Waals surface area contributed by atoms with Gasteiger partial charge in [0.25, 0.3) is 0 Å². The molecule has 1 aromatic carbocycles. The lowest BCUT2D eigenvalue weighted by Gasteiger charge is -2.24. The third-order valence-electron chi connectivity index (χ3n) is 3.45. The van der Waals surface area contributed by atoms with Crippen molar-refractivity contribution in [2.75, 3.05) is 11.5 Å². The van der Waals surface area contributed by atoms with E-state index in [1.54, 1.807) is 0 Å². The number of sulfone groups is 1. The average molecular weight is 336 g/mol. The minimum absolute atomic E-state index is 0.0705. The molecule has 1 aliphatic heterocycles. The molecule has 1 unspecified atom stereocenters. The molecule has 1 aliphatic rings. The molecule has 3 N–H and O–H groups in total. The summed E-state index contributed by atoms with van der Waals surface area (Å²) in [5, 5.41) is 0. The number of benzene rings is 1. The van der Waals surface area contributed by atoms with Gasteiger partial charge in [0.1, 0.15) is 5.82 Å². The highest BCUT2D eigenvalue weighted by Gasteiger charge is 2.41. The summed E-state index contributed by atoms with van der Waals surface area (Å²) < 4.78 is 63.9. The first-order chi connectivity index (χ1) is 9.59. The molecule has 1 aromatic rings. The largest absolute Gasteiger partial charge is 0.326 e. The normalized spacial score (nSPS) is 25.1. The lowest BCUT2D eigenvalue weighted by atomic mass is 10.0. The van der Waals surface area contributed by atoms with E-state index in [1.165, 1.54) is 19.1 Å². The molecule has 1 saturated heterocycles. The van der Waals surface area contributed by atoms with Crippen LogP contribution in [0.25, 0.3) is 0 Å². The zero-order valence-electron chi connectivity index (χ0n) is 11.5. The summed E-state index contributed by atoms with van der Waals surface area (Å²) in [6.07, 6.45) is 0.182. The van der Waals surface area contributed by atoms with Crippen LogP contribution >= 0.6 is 0 Å². The second-order valence-electron chi connectivity index (χ2n) is 5.43. The van der Waals surface area contributed by atoms with Gasteiger partial charge >= 0.3 is 0 Å². The van der Waals surface area contributed by atoms with E-state index in [0.29, 0.717) is 0 Å². The van der Waals surface area contributed by atoms with Crippen LogP contribution in [0.4, 0.5) is 4.39 Å². The molecule has 0 bridgehead atoms. The Morgan fingerprint density at radius 2 is 2.10 bits per heavy atom. The fourth-order valence-corrected chi connectivity index (χ4v) is 6.34. The Hall–Kier alpha value is -1.03. The zero-order valence-corrected chi connectivity index (χ0v) is 13.1. The summed E-state index contributed by atoms with van der Waals surface area (Å²) in [7, 11) is -7.31. The Morgan fingerprint density at radius 3 is 2.62 bits per heavy atom. The standard InChI is InChI=1S/C12H17FN2O4S2/c1-12(5-6-20(16,17)8-12)15-21(18,19)11-4-2-3-10(13)9(11)7-14/h2-4,15H,5-8,14H2,1H3. The van der Waals surface area contributed by atoms with Gasteiger partial charge in [-0.15, -0.1) is 0 Å². The minimum atomic E-state index is -4.05. The van der Waals surface area contributed by atoms with Crippen LogP contribution in [-0.2, 0) is 26.4 Å². The van der Waals surface area contributed by atoms with Gasteiger partial charge < -0.3 is 5.73 Å². The van der Waals surface area contributed by atoms with E-state index in [0.717, 1.165) is 6.07 Å². The maximum Gasteiger partial charge on any atom is 0.241 e. The fraction of sp³-hybridized carbons (Fsp3) is 0.500. The van der Waals surface area contributed by atoms with Crippen LogP contribution in [0.3, 0.4) is 0 Å². The van der Waals surface area contributed by atoms with Gasteiger partial charge in [-0.3, -0.25) is 0 Å². The molecule has 1 fully saturated rings. The van der Waals surface area contributed by atoms with Crippen LogP contribution in [0.2, 0.25) is 0 Å². The molecule has 6 nitrogen and oxygen atoms in total. The van der Waals surface area contributed by atoms with Gasteiger partial charge in [0.2, 0.25) is 10.0 Å². The van der Waals surface area contributed by atoms with Crippen LogP contribution in [0.5, 0.6) is 0 Å². The zero-order chi connectivity index (χ0) is 15.9. The van der Waals surface area contributed by atoms with E-state index in [2.05, 4.69) is 4.72 Å². The highest BCUT2D eigenvalue weighted by molar-refractivity contribution is 7.92. The summed E-state index contributed by atoms with van der Waals surface area (Å²) in [5.41, 5.74) is 4.20. The average Bonchev–Trinajstić information content (AvgIpc) is 2.62. The molecular formula is C12H17FN2O4S2. The number of sulfonamides is 1. The Kier molecular flexibility index (Phi) is 4.13.